The van der Waals surface area contributed by atoms with Gasteiger partial charge in [0.25, 0.3) is 10.0 Å². The number of hydrogen-bond donors (Lipinski definition) is 1. The van der Waals surface area contributed by atoms with Gasteiger partial charge in [-0.1, -0.05) is 0 Å². The Labute approximate surface area is 98.9 Å². The molecule has 1 atom stereocenters. The smallest absolute Gasteiger partial charge is 0.307 e. The van der Waals surface area contributed by atoms with E-state index in [2.05, 4.69) is 0 Å². The second-order valence-corrected chi connectivity index (χ2v) is 5.84. The highest BCUT2D eigenvalue weighted by Gasteiger charge is 2.34. The molecule has 0 radical (unpaired) electrons. The van der Waals surface area contributed by atoms with Gasteiger partial charge in [0.1, 0.15) is 0 Å². The van der Waals surface area contributed by atoms with Crippen LogP contribution >= 0.6 is 0 Å². The number of rotatable bonds is 3. The number of nitrogens with zero attached hydrogens (tertiary/aromatic N) is 1. The van der Waals surface area contributed by atoms with Gasteiger partial charge in [0, 0.05) is 13.1 Å². The molecule has 1 N–H and O–H groups in total. The number of furan rings is 1. The van der Waals surface area contributed by atoms with Crippen LogP contribution < -0.4 is 0 Å². The van der Waals surface area contributed by atoms with Crippen LogP contribution in [0.2, 0.25) is 0 Å². The molecular formula is C10H13NO5S. The van der Waals surface area contributed by atoms with Crippen LogP contribution in [-0.2, 0) is 14.8 Å². The molecular weight excluding hydrogens is 246 g/mol. The first-order valence-corrected chi connectivity index (χ1v) is 6.72. The van der Waals surface area contributed by atoms with Gasteiger partial charge in [-0.25, -0.2) is 8.42 Å². The third kappa shape index (κ3) is 2.34. The van der Waals surface area contributed by atoms with E-state index < -0.39 is 21.9 Å². The minimum atomic E-state index is -3.68. The van der Waals surface area contributed by atoms with E-state index in [1.807, 2.05) is 0 Å². The molecule has 1 unspecified atom stereocenters. The van der Waals surface area contributed by atoms with Gasteiger partial charge >= 0.3 is 5.97 Å². The van der Waals surface area contributed by atoms with Gasteiger partial charge in [0.05, 0.1) is 12.2 Å². The molecule has 7 heteroatoms. The molecule has 1 aliphatic rings. The number of aliphatic carboxylic acids is 1. The maximum absolute atomic E-state index is 12.1. The van der Waals surface area contributed by atoms with Crippen LogP contribution in [0.25, 0.3) is 0 Å². The number of piperidine rings is 1. The highest BCUT2D eigenvalue weighted by Crippen LogP contribution is 2.23. The fraction of sp³-hybridized carbons (Fsp3) is 0.500. The molecule has 2 heterocycles. The Hall–Kier alpha value is -1.34. The molecule has 1 aromatic rings. The van der Waals surface area contributed by atoms with Gasteiger partial charge in [-0.15, -0.1) is 0 Å². The Kier molecular flexibility index (Phi) is 3.21. The lowest BCUT2D eigenvalue weighted by atomic mass is 10.0. The minimum Gasteiger partial charge on any atom is -0.481 e. The highest BCUT2D eigenvalue weighted by atomic mass is 32.2. The zero-order valence-corrected chi connectivity index (χ0v) is 9.89. The third-order valence-corrected chi connectivity index (χ3v) is 4.57. The van der Waals surface area contributed by atoms with E-state index >= 15 is 0 Å². The molecule has 0 saturated carbocycles. The number of carboxylic acids is 1. The first kappa shape index (κ1) is 12.1. The lowest BCUT2D eigenvalue weighted by molar-refractivity contribution is -0.142. The van der Waals surface area contributed by atoms with Crippen LogP contribution in [0.5, 0.6) is 0 Å². The Morgan fingerprint density at radius 2 is 2.29 bits per heavy atom. The van der Waals surface area contributed by atoms with Gasteiger partial charge in [0.2, 0.25) is 5.09 Å². The summed E-state index contributed by atoms with van der Waals surface area (Å²) in [6, 6.07) is 2.85. The molecule has 0 spiro atoms. The van der Waals surface area contributed by atoms with Crippen molar-refractivity contribution in [3.8, 4) is 0 Å². The van der Waals surface area contributed by atoms with E-state index in [-0.39, 0.29) is 11.6 Å². The molecule has 1 aromatic heterocycles. The fourth-order valence-corrected chi connectivity index (χ4v) is 3.33. The lowest BCUT2D eigenvalue weighted by Gasteiger charge is -2.28. The van der Waals surface area contributed by atoms with Gasteiger partial charge < -0.3 is 9.52 Å². The van der Waals surface area contributed by atoms with E-state index in [1.165, 1.54) is 22.7 Å². The average molecular weight is 259 g/mol. The van der Waals surface area contributed by atoms with Gasteiger partial charge in [0.15, 0.2) is 0 Å². The molecule has 0 aliphatic carbocycles. The molecule has 0 aromatic carbocycles. The summed E-state index contributed by atoms with van der Waals surface area (Å²) in [6.45, 7) is 0.352. The summed E-state index contributed by atoms with van der Waals surface area (Å²) in [6.07, 6.45) is 2.35. The van der Waals surface area contributed by atoms with E-state index in [9.17, 15) is 13.2 Å². The highest BCUT2D eigenvalue weighted by molar-refractivity contribution is 7.89. The Morgan fingerprint density at radius 3 is 2.88 bits per heavy atom. The average Bonchev–Trinajstić information content (AvgIpc) is 2.83. The quantitative estimate of drug-likeness (QED) is 0.866. The summed E-state index contributed by atoms with van der Waals surface area (Å²) in [4.78, 5) is 10.9. The number of hydrogen-bond acceptors (Lipinski definition) is 4. The van der Waals surface area contributed by atoms with E-state index in [1.54, 1.807) is 0 Å². The summed E-state index contributed by atoms with van der Waals surface area (Å²) < 4.78 is 30.2. The maximum atomic E-state index is 12.1. The van der Waals surface area contributed by atoms with Crippen molar-refractivity contribution < 1.29 is 22.7 Å². The van der Waals surface area contributed by atoms with Crippen LogP contribution in [0, 0.1) is 5.92 Å². The second kappa shape index (κ2) is 4.50. The van der Waals surface area contributed by atoms with Crippen molar-refractivity contribution in [2.75, 3.05) is 13.1 Å². The molecule has 6 nitrogen and oxygen atoms in total. The molecule has 1 aliphatic heterocycles. The Balaban J connectivity index is 2.20. The predicted octanol–water partition coefficient (Wildman–Crippen LogP) is 0.765. The van der Waals surface area contributed by atoms with E-state index in [0.717, 1.165) is 0 Å². The van der Waals surface area contributed by atoms with Crippen LogP contribution in [0.3, 0.4) is 0 Å². The first-order valence-electron chi connectivity index (χ1n) is 5.28. The lowest BCUT2D eigenvalue weighted by Crippen LogP contribution is -2.42. The van der Waals surface area contributed by atoms with Crippen LogP contribution in [0.4, 0.5) is 0 Å². The van der Waals surface area contributed by atoms with Crippen LogP contribution in [-0.4, -0.2) is 36.9 Å². The Morgan fingerprint density at radius 1 is 1.53 bits per heavy atom. The van der Waals surface area contributed by atoms with Crippen molar-refractivity contribution >= 4 is 16.0 Å². The SMILES string of the molecule is O=C(O)C1CCCN(S(=O)(=O)c2ccco2)C1. The second-order valence-electron chi connectivity index (χ2n) is 3.97. The molecule has 0 bridgehead atoms. The zero-order chi connectivity index (χ0) is 12.5. The number of carboxylic acid groups (broad SMARTS) is 1. The summed E-state index contributed by atoms with van der Waals surface area (Å²) in [5.41, 5.74) is 0. The number of carbonyl (C=O) groups is 1. The van der Waals surface area contributed by atoms with Crippen LogP contribution in [0.1, 0.15) is 12.8 Å². The monoisotopic (exact) mass is 259 g/mol. The summed E-state index contributed by atoms with van der Waals surface area (Å²) in [5.74, 6) is -1.59. The number of sulfonamides is 1. The van der Waals surface area contributed by atoms with Crippen molar-refractivity contribution in [1.29, 1.82) is 0 Å². The molecule has 94 valence electrons. The van der Waals surface area contributed by atoms with Crippen molar-refractivity contribution in [1.82, 2.24) is 4.31 Å². The molecule has 2 rings (SSSR count). The van der Waals surface area contributed by atoms with E-state index in [0.29, 0.717) is 19.4 Å². The molecule has 1 saturated heterocycles. The van der Waals surface area contributed by atoms with Gasteiger partial charge in [-0.3, -0.25) is 4.79 Å². The molecule has 0 amide bonds. The maximum Gasteiger partial charge on any atom is 0.307 e. The van der Waals surface area contributed by atoms with Crippen molar-refractivity contribution in [3.05, 3.63) is 18.4 Å². The normalized spacial score (nSPS) is 22.5. The van der Waals surface area contributed by atoms with Gasteiger partial charge in [-0.2, -0.15) is 4.31 Å². The molecule has 17 heavy (non-hydrogen) atoms. The fourth-order valence-electron chi connectivity index (χ4n) is 1.90. The van der Waals surface area contributed by atoms with Crippen LogP contribution in [0.15, 0.2) is 27.9 Å². The van der Waals surface area contributed by atoms with E-state index in [4.69, 9.17) is 9.52 Å². The third-order valence-electron chi connectivity index (χ3n) is 2.82. The van der Waals surface area contributed by atoms with Crippen molar-refractivity contribution in [3.63, 3.8) is 0 Å². The predicted molar refractivity (Wildman–Crippen MR) is 57.8 cm³/mol. The van der Waals surface area contributed by atoms with Crippen molar-refractivity contribution in [2.24, 2.45) is 5.92 Å². The largest absolute Gasteiger partial charge is 0.481 e. The standard InChI is InChI=1S/C10H13NO5S/c12-10(13)8-3-1-5-11(7-8)17(14,15)9-4-2-6-16-9/h2,4,6,8H,1,3,5,7H2,(H,12,13). The molecule has 1 fully saturated rings. The first-order chi connectivity index (χ1) is 8.01. The Bertz CT molecular complexity index is 493. The summed E-state index contributed by atoms with van der Waals surface area (Å²) >= 11 is 0. The summed E-state index contributed by atoms with van der Waals surface area (Å²) in [7, 11) is -3.68. The van der Waals surface area contributed by atoms with Crippen molar-refractivity contribution in [2.45, 2.75) is 17.9 Å². The zero-order valence-electron chi connectivity index (χ0n) is 9.07. The minimum absolute atomic E-state index is 0.0123. The topological polar surface area (TPSA) is 87.8 Å². The summed E-state index contributed by atoms with van der Waals surface area (Å²) in [5, 5.41) is 8.77. The van der Waals surface area contributed by atoms with Gasteiger partial charge in [-0.05, 0) is 25.0 Å².